The molecule has 0 saturated heterocycles. The van der Waals surface area contributed by atoms with Gasteiger partial charge in [-0.3, -0.25) is 4.57 Å². The summed E-state index contributed by atoms with van der Waals surface area (Å²) >= 11 is 1.70. The first-order chi connectivity index (χ1) is 14.1. The number of ether oxygens (including phenoxy) is 1. The Bertz CT molecular complexity index is 1100. The van der Waals surface area contributed by atoms with Gasteiger partial charge in [-0.1, -0.05) is 59.3 Å². The minimum Gasteiger partial charge on any atom is -0.497 e. The molecule has 0 spiro atoms. The van der Waals surface area contributed by atoms with Crippen LogP contribution in [0.25, 0.3) is 17.1 Å². The van der Waals surface area contributed by atoms with Gasteiger partial charge in [0.15, 0.2) is 11.0 Å². The van der Waals surface area contributed by atoms with Crippen molar-refractivity contribution >= 4 is 11.8 Å². The molecule has 0 fully saturated rings. The summed E-state index contributed by atoms with van der Waals surface area (Å²) in [6, 6.07) is 25.0. The van der Waals surface area contributed by atoms with E-state index in [-0.39, 0.29) is 0 Å². The monoisotopic (exact) mass is 401 g/mol. The molecule has 4 nitrogen and oxygen atoms in total. The van der Waals surface area contributed by atoms with Gasteiger partial charge in [0, 0.05) is 17.0 Å². The van der Waals surface area contributed by atoms with Crippen LogP contribution in [0.4, 0.5) is 0 Å². The standard InChI is InChI=1S/C24H23N3OS/c1-17-7-11-21(12-8-17)27-23(20-9-13-22(28-3)14-10-20)25-26-24(27)29-16-19-6-4-5-18(2)15-19/h4-15H,16H2,1-3H3. The Labute approximate surface area is 175 Å². The van der Waals surface area contributed by atoms with Gasteiger partial charge in [-0.05, 0) is 55.8 Å². The van der Waals surface area contributed by atoms with E-state index < -0.39 is 0 Å². The zero-order chi connectivity index (χ0) is 20.2. The van der Waals surface area contributed by atoms with E-state index in [1.807, 2.05) is 24.3 Å². The van der Waals surface area contributed by atoms with Gasteiger partial charge in [-0.25, -0.2) is 0 Å². The summed E-state index contributed by atoms with van der Waals surface area (Å²) in [5, 5.41) is 9.91. The third kappa shape index (κ3) is 4.35. The van der Waals surface area contributed by atoms with E-state index in [0.29, 0.717) is 0 Å². The second-order valence-electron chi connectivity index (χ2n) is 6.98. The van der Waals surface area contributed by atoms with E-state index in [1.165, 1.54) is 16.7 Å². The predicted molar refractivity (Wildman–Crippen MR) is 119 cm³/mol. The lowest BCUT2D eigenvalue weighted by Gasteiger charge is -2.11. The molecule has 4 rings (SSSR count). The second kappa shape index (κ2) is 8.53. The van der Waals surface area contributed by atoms with Crippen LogP contribution in [-0.4, -0.2) is 21.9 Å². The van der Waals surface area contributed by atoms with E-state index in [0.717, 1.165) is 33.7 Å². The molecule has 0 radical (unpaired) electrons. The van der Waals surface area contributed by atoms with Gasteiger partial charge in [0.1, 0.15) is 5.75 Å². The summed E-state index contributed by atoms with van der Waals surface area (Å²) in [6.07, 6.45) is 0. The van der Waals surface area contributed by atoms with Gasteiger partial charge < -0.3 is 4.74 Å². The molecule has 1 heterocycles. The molecule has 0 atom stereocenters. The number of rotatable bonds is 6. The lowest BCUT2D eigenvalue weighted by Crippen LogP contribution is -2.00. The maximum atomic E-state index is 5.29. The van der Waals surface area contributed by atoms with Gasteiger partial charge in [0.25, 0.3) is 0 Å². The molecule has 0 aliphatic carbocycles. The normalized spacial score (nSPS) is 10.9. The summed E-state index contributed by atoms with van der Waals surface area (Å²) in [7, 11) is 1.67. The Balaban J connectivity index is 1.72. The number of aryl methyl sites for hydroxylation is 2. The maximum absolute atomic E-state index is 5.29. The van der Waals surface area contributed by atoms with E-state index in [4.69, 9.17) is 4.74 Å². The van der Waals surface area contributed by atoms with Gasteiger partial charge in [-0.15, -0.1) is 10.2 Å². The molecule has 0 aliphatic heterocycles. The summed E-state index contributed by atoms with van der Waals surface area (Å²) in [6.45, 7) is 4.21. The molecule has 0 N–H and O–H groups in total. The Morgan fingerprint density at radius 2 is 1.62 bits per heavy atom. The van der Waals surface area contributed by atoms with Crippen LogP contribution in [0.15, 0.2) is 78.0 Å². The van der Waals surface area contributed by atoms with Gasteiger partial charge in [0.2, 0.25) is 0 Å². The van der Waals surface area contributed by atoms with E-state index in [1.54, 1.807) is 18.9 Å². The number of hydrogen-bond donors (Lipinski definition) is 0. The first-order valence-corrected chi connectivity index (χ1v) is 10.5. The third-order valence-corrected chi connectivity index (χ3v) is 5.72. The quantitative estimate of drug-likeness (QED) is 0.380. The molecule has 146 valence electrons. The summed E-state index contributed by atoms with van der Waals surface area (Å²) in [5.74, 6) is 2.49. The summed E-state index contributed by atoms with van der Waals surface area (Å²) in [4.78, 5) is 0. The van der Waals surface area contributed by atoms with E-state index >= 15 is 0 Å². The largest absolute Gasteiger partial charge is 0.497 e. The highest BCUT2D eigenvalue weighted by molar-refractivity contribution is 7.98. The van der Waals surface area contributed by atoms with Crippen molar-refractivity contribution in [1.82, 2.24) is 14.8 Å². The van der Waals surface area contributed by atoms with Crippen molar-refractivity contribution in [2.24, 2.45) is 0 Å². The van der Waals surface area contributed by atoms with Crippen LogP contribution in [0.3, 0.4) is 0 Å². The van der Waals surface area contributed by atoms with Crippen LogP contribution >= 0.6 is 11.8 Å². The number of benzene rings is 3. The second-order valence-corrected chi connectivity index (χ2v) is 7.93. The fourth-order valence-corrected chi connectivity index (χ4v) is 4.06. The molecule has 5 heteroatoms. The van der Waals surface area contributed by atoms with E-state index in [2.05, 4.69) is 77.1 Å². The molecule has 0 amide bonds. The smallest absolute Gasteiger partial charge is 0.196 e. The van der Waals surface area contributed by atoms with Gasteiger partial charge in [0.05, 0.1) is 7.11 Å². The lowest BCUT2D eigenvalue weighted by atomic mass is 10.2. The van der Waals surface area contributed by atoms with Crippen LogP contribution in [0.1, 0.15) is 16.7 Å². The van der Waals surface area contributed by atoms with E-state index in [9.17, 15) is 0 Å². The Kier molecular flexibility index (Phi) is 5.67. The summed E-state index contributed by atoms with van der Waals surface area (Å²) < 4.78 is 7.42. The molecule has 4 aromatic rings. The molecule has 3 aromatic carbocycles. The first-order valence-electron chi connectivity index (χ1n) is 9.49. The Hall–Kier alpha value is -3.05. The van der Waals surface area contributed by atoms with Crippen LogP contribution in [0.2, 0.25) is 0 Å². The van der Waals surface area contributed by atoms with Crippen LogP contribution in [0.5, 0.6) is 5.75 Å². The molecule has 0 aliphatic rings. The minimum absolute atomic E-state index is 0.822. The average Bonchev–Trinajstić information content (AvgIpc) is 3.17. The minimum atomic E-state index is 0.822. The number of nitrogens with zero attached hydrogens (tertiary/aromatic N) is 3. The Morgan fingerprint density at radius 1 is 0.862 bits per heavy atom. The zero-order valence-corrected chi connectivity index (χ0v) is 17.6. The molecule has 0 unspecified atom stereocenters. The summed E-state index contributed by atoms with van der Waals surface area (Å²) in [5.41, 5.74) is 5.82. The fraction of sp³-hybridized carbons (Fsp3) is 0.167. The van der Waals surface area contributed by atoms with Crippen molar-refractivity contribution in [2.75, 3.05) is 7.11 Å². The number of methoxy groups -OCH3 is 1. The first kappa shape index (κ1) is 19.3. The fourth-order valence-electron chi connectivity index (χ4n) is 3.17. The predicted octanol–water partition coefficient (Wildman–Crippen LogP) is 5.85. The number of aromatic nitrogens is 3. The molecule has 29 heavy (non-hydrogen) atoms. The average molecular weight is 402 g/mol. The number of thioether (sulfide) groups is 1. The Morgan fingerprint density at radius 3 is 2.31 bits per heavy atom. The molecular formula is C24H23N3OS. The zero-order valence-electron chi connectivity index (χ0n) is 16.8. The highest BCUT2D eigenvalue weighted by atomic mass is 32.2. The van der Waals surface area contributed by atoms with Gasteiger partial charge >= 0.3 is 0 Å². The van der Waals surface area contributed by atoms with Gasteiger partial charge in [-0.2, -0.15) is 0 Å². The van der Waals surface area contributed by atoms with Crippen molar-refractivity contribution < 1.29 is 4.74 Å². The molecular weight excluding hydrogens is 378 g/mol. The SMILES string of the molecule is COc1ccc(-c2nnc(SCc3cccc(C)c3)n2-c2ccc(C)cc2)cc1. The highest BCUT2D eigenvalue weighted by Crippen LogP contribution is 2.30. The molecule has 0 bridgehead atoms. The highest BCUT2D eigenvalue weighted by Gasteiger charge is 2.16. The van der Waals surface area contributed by atoms with Crippen molar-refractivity contribution in [3.05, 3.63) is 89.5 Å². The molecule has 0 saturated carbocycles. The topological polar surface area (TPSA) is 39.9 Å². The van der Waals surface area contributed by atoms with Crippen molar-refractivity contribution in [3.63, 3.8) is 0 Å². The number of hydrogen-bond acceptors (Lipinski definition) is 4. The van der Waals surface area contributed by atoms with Crippen molar-refractivity contribution in [2.45, 2.75) is 24.8 Å². The van der Waals surface area contributed by atoms with Crippen LogP contribution in [-0.2, 0) is 5.75 Å². The molecule has 1 aromatic heterocycles. The van der Waals surface area contributed by atoms with Crippen molar-refractivity contribution in [3.8, 4) is 22.8 Å². The van der Waals surface area contributed by atoms with Crippen molar-refractivity contribution in [1.29, 1.82) is 0 Å². The van der Waals surface area contributed by atoms with Crippen LogP contribution < -0.4 is 4.74 Å². The van der Waals surface area contributed by atoms with Crippen LogP contribution in [0, 0.1) is 13.8 Å². The maximum Gasteiger partial charge on any atom is 0.196 e. The third-order valence-electron chi connectivity index (χ3n) is 4.72. The lowest BCUT2D eigenvalue weighted by molar-refractivity contribution is 0.415.